The van der Waals surface area contributed by atoms with Crippen molar-refractivity contribution in [1.29, 1.82) is 0 Å². The first-order chi connectivity index (χ1) is 15.4. The third kappa shape index (κ3) is 3.96. The molecule has 0 saturated heterocycles. The van der Waals surface area contributed by atoms with Gasteiger partial charge in [-0.15, -0.1) is 0 Å². The zero-order chi connectivity index (χ0) is 23.8. The molecule has 0 bridgehead atoms. The number of nitrogens with zero attached hydrogens (tertiary/aromatic N) is 1. The number of hydrogen-bond donors (Lipinski definition) is 1. The van der Waals surface area contributed by atoms with E-state index in [0.29, 0.717) is 5.92 Å². The number of aromatic nitrogens is 1. The molecule has 0 amide bonds. The highest BCUT2D eigenvalue weighted by Gasteiger charge is 2.48. The van der Waals surface area contributed by atoms with E-state index >= 15 is 0 Å². The maximum atomic E-state index is 11.3. The molecule has 2 unspecified atom stereocenters. The van der Waals surface area contributed by atoms with Gasteiger partial charge >= 0.3 is 0 Å². The zero-order valence-electron chi connectivity index (χ0n) is 21.6. The zero-order valence-corrected chi connectivity index (χ0v) is 21.6. The fourth-order valence-corrected chi connectivity index (χ4v) is 6.56. The molecule has 1 N–H and O–H groups in total. The molecule has 0 radical (unpaired) electrons. The van der Waals surface area contributed by atoms with Crippen molar-refractivity contribution in [2.45, 2.75) is 116 Å². The van der Waals surface area contributed by atoms with Crippen LogP contribution in [0.25, 0.3) is 0 Å². The molecule has 3 nitrogen and oxygen atoms in total. The predicted molar refractivity (Wildman–Crippen MR) is 134 cm³/mol. The summed E-state index contributed by atoms with van der Waals surface area (Å²) in [5, 5.41) is 11.3. The van der Waals surface area contributed by atoms with Crippen molar-refractivity contribution in [1.82, 2.24) is 4.98 Å². The Kier molecular flexibility index (Phi) is 5.34. The van der Waals surface area contributed by atoms with E-state index in [-0.39, 0.29) is 16.9 Å². The summed E-state index contributed by atoms with van der Waals surface area (Å²) >= 11 is 0. The second-order valence-electron chi connectivity index (χ2n) is 13.1. The first-order valence-corrected chi connectivity index (χ1v) is 12.9. The highest BCUT2D eigenvalue weighted by atomic mass is 16.5. The van der Waals surface area contributed by atoms with Gasteiger partial charge in [0.15, 0.2) is 0 Å². The average Bonchev–Trinajstić information content (AvgIpc) is 3.32. The van der Waals surface area contributed by atoms with Crippen molar-refractivity contribution in [3.8, 4) is 0 Å². The number of ether oxygens (including phenoxy) is 1. The van der Waals surface area contributed by atoms with Crippen LogP contribution in [0.4, 0.5) is 0 Å². The van der Waals surface area contributed by atoms with Crippen LogP contribution in [0.5, 0.6) is 0 Å². The van der Waals surface area contributed by atoms with Crippen molar-refractivity contribution in [3.05, 3.63) is 63.5 Å². The Morgan fingerprint density at radius 1 is 0.970 bits per heavy atom. The van der Waals surface area contributed by atoms with Gasteiger partial charge in [-0.1, -0.05) is 71.7 Å². The Morgan fingerprint density at radius 2 is 1.61 bits per heavy atom. The molecule has 1 saturated carbocycles. The second kappa shape index (κ2) is 7.65. The maximum absolute atomic E-state index is 11.3. The van der Waals surface area contributed by atoms with Gasteiger partial charge in [-0.05, 0) is 67.1 Å². The molecule has 2 atom stereocenters. The van der Waals surface area contributed by atoms with E-state index in [1.54, 1.807) is 0 Å². The van der Waals surface area contributed by atoms with Crippen molar-refractivity contribution in [2.24, 2.45) is 5.41 Å². The minimum atomic E-state index is -0.479. The summed E-state index contributed by atoms with van der Waals surface area (Å²) in [6.45, 7) is 15.6. The van der Waals surface area contributed by atoms with Crippen LogP contribution in [0.3, 0.4) is 0 Å². The molecule has 1 aromatic heterocycles. The van der Waals surface area contributed by atoms with Crippen LogP contribution >= 0.6 is 0 Å². The number of rotatable bonds is 2. The Morgan fingerprint density at radius 3 is 2.21 bits per heavy atom. The lowest BCUT2D eigenvalue weighted by Crippen LogP contribution is -2.31. The Bertz CT molecular complexity index is 1050. The number of pyridine rings is 1. The largest absolute Gasteiger partial charge is 0.388 e. The molecule has 33 heavy (non-hydrogen) atoms. The van der Waals surface area contributed by atoms with E-state index in [2.05, 4.69) is 72.7 Å². The third-order valence-electron chi connectivity index (χ3n) is 8.20. The van der Waals surface area contributed by atoms with Gasteiger partial charge < -0.3 is 9.84 Å². The molecular formula is C30H41NO2. The Labute approximate surface area is 200 Å². The molecule has 178 valence electrons. The number of aliphatic hydroxyl groups excluding tert-OH is 1. The molecule has 2 aromatic rings. The summed E-state index contributed by atoms with van der Waals surface area (Å²) in [5.74, 6) is 0.500. The third-order valence-corrected chi connectivity index (χ3v) is 8.20. The fourth-order valence-electron chi connectivity index (χ4n) is 6.56. The predicted octanol–water partition coefficient (Wildman–Crippen LogP) is 7.40. The quantitative estimate of drug-likeness (QED) is 0.521. The van der Waals surface area contributed by atoms with Crippen LogP contribution in [0, 0.1) is 5.41 Å². The number of hydrogen-bond acceptors (Lipinski definition) is 3. The van der Waals surface area contributed by atoms with Gasteiger partial charge in [-0.25, -0.2) is 0 Å². The van der Waals surface area contributed by atoms with Gasteiger partial charge in [-0.2, -0.15) is 0 Å². The molecule has 3 aliphatic rings. The molecule has 1 aliphatic heterocycles. The van der Waals surface area contributed by atoms with Crippen LogP contribution in [0.2, 0.25) is 0 Å². The van der Waals surface area contributed by atoms with Crippen LogP contribution < -0.4 is 0 Å². The normalized spacial score (nSPS) is 26.3. The molecule has 1 aromatic carbocycles. The van der Waals surface area contributed by atoms with Gasteiger partial charge in [0, 0.05) is 22.7 Å². The SMILES string of the molecule is CC1(C)Cc2nc(C3CCCC3)c3c(c2C(O)C1)C(C)(C)OC3c1ccc(C(C)(C)C)cc1. The summed E-state index contributed by atoms with van der Waals surface area (Å²) in [6, 6.07) is 8.99. The smallest absolute Gasteiger partial charge is 0.111 e. The topological polar surface area (TPSA) is 42.4 Å². The summed E-state index contributed by atoms with van der Waals surface area (Å²) < 4.78 is 6.85. The van der Waals surface area contributed by atoms with Gasteiger partial charge in [0.25, 0.3) is 0 Å². The van der Waals surface area contributed by atoms with Crippen LogP contribution in [0.15, 0.2) is 24.3 Å². The lowest BCUT2D eigenvalue weighted by atomic mass is 9.71. The van der Waals surface area contributed by atoms with Crippen molar-refractivity contribution >= 4 is 0 Å². The van der Waals surface area contributed by atoms with Gasteiger partial charge in [0.1, 0.15) is 6.10 Å². The van der Waals surface area contributed by atoms with E-state index in [9.17, 15) is 5.11 Å². The van der Waals surface area contributed by atoms with Gasteiger partial charge in [-0.3, -0.25) is 4.98 Å². The summed E-state index contributed by atoms with van der Waals surface area (Å²) in [7, 11) is 0. The average molecular weight is 448 g/mol. The van der Waals surface area contributed by atoms with E-state index in [1.807, 2.05) is 0 Å². The van der Waals surface area contributed by atoms with E-state index < -0.39 is 11.7 Å². The minimum absolute atomic E-state index is 0.0619. The maximum Gasteiger partial charge on any atom is 0.111 e. The number of benzene rings is 1. The molecule has 5 rings (SSSR count). The molecule has 1 fully saturated rings. The van der Waals surface area contributed by atoms with Crippen LogP contribution in [-0.4, -0.2) is 10.1 Å². The number of aliphatic hydroxyl groups is 1. The highest BCUT2D eigenvalue weighted by Crippen LogP contribution is 2.55. The molecule has 0 spiro atoms. The van der Waals surface area contributed by atoms with Crippen molar-refractivity contribution in [2.75, 3.05) is 0 Å². The minimum Gasteiger partial charge on any atom is -0.388 e. The van der Waals surface area contributed by atoms with Crippen molar-refractivity contribution in [3.63, 3.8) is 0 Å². The standard InChI is InChI=1S/C30H41NO2/c1-28(2,3)20-14-12-19(13-15-20)27-24-25(30(6,7)33-27)23-21(16-29(4,5)17-22(23)32)31-26(24)18-10-8-9-11-18/h12-15,18,22,27,32H,8-11,16-17H2,1-7H3. The summed E-state index contributed by atoms with van der Waals surface area (Å²) in [4.78, 5) is 5.37. The lowest BCUT2D eigenvalue weighted by molar-refractivity contribution is -0.0360. The monoisotopic (exact) mass is 447 g/mol. The highest BCUT2D eigenvalue weighted by molar-refractivity contribution is 5.54. The Balaban J connectivity index is 1.71. The van der Waals surface area contributed by atoms with Crippen LogP contribution in [-0.2, 0) is 22.2 Å². The fraction of sp³-hybridized carbons (Fsp3) is 0.633. The number of fused-ring (bicyclic) bond motifs is 3. The molecule has 2 heterocycles. The molecule has 3 heteroatoms. The molecular weight excluding hydrogens is 406 g/mol. The first kappa shape index (κ1) is 23.1. The van der Waals surface area contributed by atoms with E-state index in [1.165, 1.54) is 53.6 Å². The van der Waals surface area contributed by atoms with Gasteiger partial charge in [0.2, 0.25) is 0 Å². The van der Waals surface area contributed by atoms with E-state index in [4.69, 9.17) is 9.72 Å². The second-order valence-corrected chi connectivity index (χ2v) is 13.1. The van der Waals surface area contributed by atoms with Crippen LogP contribution in [0.1, 0.15) is 138 Å². The Hall–Kier alpha value is -1.71. The first-order valence-electron chi connectivity index (χ1n) is 12.9. The molecule has 2 aliphatic carbocycles. The lowest BCUT2D eigenvalue weighted by Gasteiger charge is -2.37. The van der Waals surface area contributed by atoms with E-state index in [0.717, 1.165) is 24.1 Å². The summed E-state index contributed by atoms with van der Waals surface area (Å²) in [6.07, 6.45) is 6.07. The van der Waals surface area contributed by atoms with Crippen molar-refractivity contribution < 1.29 is 9.84 Å². The summed E-state index contributed by atoms with van der Waals surface area (Å²) in [5.41, 5.74) is 8.17. The van der Waals surface area contributed by atoms with Gasteiger partial charge in [0.05, 0.1) is 17.4 Å².